The van der Waals surface area contributed by atoms with Gasteiger partial charge in [-0.3, -0.25) is 0 Å². The molecule has 0 unspecified atom stereocenters. The molecule has 0 saturated carbocycles. The Kier molecular flexibility index (Phi) is 6.39. The summed E-state index contributed by atoms with van der Waals surface area (Å²) in [6.45, 7) is 0. The summed E-state index contributed by atoms with van der Waals surface area (Å²) in [4.78, 5) is 15.2. The van der Waals surface area contributed by atoms with E-state index in [0.717, 1.165) is 38.7 Å². The molecule has 0 atom stereocenters. The highest BCUT2D eigenvalue weighted by Crippen LogP contribution is 2.30. The molecule has 0 radical (unpaired) electrons. The van der Waals surface area contributed by atoms with Gasteiger partial charge in [-0.2, -0.15) is 0 Å². The van der Waals surface area contributed by atoms with Gasteiger partial charge in [0, 0.05) is 34.7 Å². The van der Waals surface area contributed by atoms with Crippen LogP contribution in [0.1, 0.15) is 27.0 Å². The molecule has 1 aromatic heterocycles. The van der Waals surface area contributed by atoms with Crippen LogP contribution in [0.2, 0.25) is 0 Å². The van der Waals surface area contributed by atoms with Crippen molar-refractivity contribution in [1.82, 2.24) is 4.98 Å². The maximum Gasteiger partial charge on any atom is 0.336 e. The molecular weight excluding hydrogens is 482 g/mol. The molecule has 0 saturated heterocycles. The van der Waals surface area contributed by atoms with E-state index in [1.54, 1.807) is 18.2 Å². The van der Waals surface area contributed by atoms with Gasteiger partial charge in [-0.05, 0) is 64.0 Å². The minimum Gasteiger partial charge on any atom is -0.478 e. The third-order valence-corrected chi connectivity index (χ3v) is 6.89. The second-order valence-corrected chi connectivity index (χ2v) is 11.1. The van der Waals surface area contributed by atoms with Crippen LogP contribution in [0.5, 0.6) is 0 Å². The quantitative estimate of drug-likeness (QED) is 0.281. The highest BCUT2D eigenvalue weighted by atomic mass is 32.2. The van der Waals surface area contributed by atoms with Crippen LogP contribution in [0.3, 0.4) is 0 Å². The topological polar surface area (TPSA) is 87.2 Å². The first-order chi connectivity index (χ1) is 17.8. The largest absolute Gasteiger partial charge is 0.478 e. The number of aromatic amines is 1. The Morgan fingerprint density at radius 2 is 1.59 bits per heavy atom. The number of rotatable bonds is 5. The third-order valence-electron chi connectivity index (χ3n) is 6.03. The summed E-state index contributed by atoms with van der Waals surface area (Å²) in [5, 5.41) is 10.9. The molecule has 4 aromatic carbocycles. The maximum absolute atomic E-state index is 12.1. The van der Waals surface area contributed by atoms with Crippen molar-refractivity contribution in [3.63, 3.8) is 0 Å². The van der Waals surface area contributed by atoms with Gasteiger partial charge >= 0.3 is 5.97 Å². The van der Waals surface area contributed by atoms with Crippen LogP contribution in [0.25, 0.3) is 33.2 Å². The fourth-order valence-corrected chi connectivity index (χ4v) is 5.19. The van der Waals surface area contributed by atoms with Crippen molar-refractivity contribution in [2.75, 3.05) is 6.26 Å². The third kappa shape index (κ3) is 5.48. The van der Waals surface area contributed by atoms with Crippen LogP contribution in [0.4, 0.5) is 0 Å². The number of carboxylic acid groups (broad SMARTS) is 1. The second kappa shape index (κ2) is 9.81. The van der Waals surface area contributed by atoms with Crippen molar-refractivity contribution in [1.29, 1.82) is 0 Å². The lowest BCUT2D eigenvalue weighted by atomic mass is 9.93. The average molecular weight is 506 g/mol. The molecule has 5 rings (SSSR count). The number of hydrogen-bond acceptors (Lipinski definition) is 3. The van der Waals surface area contributed by atoms with Crippen molar-refractivity contribution in [3.8, 4) is 34.1 Å². The zero-order valence-corrected chi connectivity index (χ0v) is 20.8. The number of sulfone groups is 1. The Bertz CT molecular complexity index is 1820. The minimum atomic E-state index is -3.14. The monoisotopic (exact) mass is 505 g/mol. The van der Waals surface area contributed by atoms with Gasteiger partial charge in [0.2, 0.25) is 0 Å². The number of carboxylic acids is 1. The van der Waals surface area contributed by atoms with Crippen LogP contribution in [0, 0.1) is 11.8 Å². The molecule has 0 bridgehead atoms. The first-order valence-corrected chi connectivity index (χ1v) is 13.7. The SMILES string of the molecule is CS(=O)(=O)Cc1cccc(-c2cccc(C#Cc3cccc(C(=O)O)c3-c3ccc4cc[nH]c4c3)c2)c1. The average Bonchev–Trinajstić information content (AvgIpc) is 3.34. The summed E-state index contributed by atoms with van der Waals surface area (Å²) in [5.74, 6) is 5.34. The summed E-state index contributed by atoms with van der Waals surface area (Å²) in [5.41, 5.74) is 6.37. The Hall–Kier alpha value is -4.60. The number of fused-ring (bicyclic) bond motifs is 1. The van der Waals surface area contributed by atoms with Gasteiger partial charge in [0.1, 0.15) is 0 Å². The highest BCUT2D eigenvalue weighted by Gasteiger charge is 2.15. The Morgan fingerprint density at radius 1 is 0.838 bits per heavy atom. The fraction of sp³-hybridized carbons (Fsp3) is 0.0645. The van der Waals surface area contributed by atoms with Gasteiger partial charge in [-0.1, -0.05) is 66.4 Å². The van der Waals surface area contributed by atoms with E-state index < -0.39 is 15.8 Å². The zero-order valence-electron chi connectivity index (χ0n) is 20.0. The highest BCUT2D eigenvalue weighted by molar-refractivity contribution is 7.89. The maximum atomic E-state index is 12.1. The van der Waals surface area contributed by atoms with Crippen LogP contribution in [-0.4, -0.2) is 30.7 Å². The molecule has 0 aliphatic heterocycles. The van der Waals surface area contributed by atoms with E-state index in [0.29, 0.717) is 11.1 Å². The number of benzene rings is 4. The molecule has 37 heavy (non-hydrogen) atoms. The van der Waals surface area contributed by atoms with Gasteiger partial charge < -0.3 is 10.1 Å². The lowest BCUT2D eigenvalue weighted by Gasteiger charge is -2.10. The number of aromatic nitrogens is 1. The number of carbonyl (C=O) groups is 1. The molecule has 5 nitrogen and oxygen atoms in total. The van der Waals surface area contributed by atoms with Crippen LogP contribution < -0.4 is 0 Å². The molecule has 182 valence electrons. The van der Waals surface area contributed by atoms with Crippen molar-refractivity contribution in [2.24, 2.45) is 0 Å². The van der Waals surface area contributed by atoms with E-state index in [1.807, 2.05) is 79.0 Å². The summed E-state index contributed by atoms with van der Waals surface area (Å²) >= 11 is 0. The van der Waals surface area contributed by atoms with Gasteiger partial charge in [0.05, 0.1) is 11.3 Å². The van der Waals surface area contributed by atoms with Gasteiger partial charge in [-0.25, -0.2) is 13.2 Å². The van der Waals surface area contributed by atoms with Crippen molar-refractivity contribution >= 4 is 26.7 Å². The van der Waals surface area contributed by atoms with E-state index in [4.69, 9.17) is 0 Å². The Morgan fingerprint density at radius 3 is 2.38 bits per heavy atom. The number of nitrogens with one attached hydrogen (secondary N) is 1. The number of H-pyrrole nitrogens is 1. The van der Waals surface area contributed by atoms with Gasteiger partial charge in [0.25, 0.3) is 0 Å². The number of hydrogen-bond donors (Lipinski definition) is 2. The Balaban J connectivity index is 1.54. The first kappa shape index (κ1) is 24.1. The molecule has 1 heterocycles. The predicted molar refractivity (Wildman–Crippen MR) is 147 cm³/mol. The Labute approximate surface area is 215 Å². The summed E-state index contributed by atoms with van der Waals surface area (Å²) in [6.07, 6.45) is 3.07. The summed E-state index contributed by atoms with van der Waals surface area (Å²) < 4.78 is 23.4. The lowest BCUT2D eigenvalue weighted by Crippen LogP contribution is -2.01. The predicted octanol–water partition coefficient (Wildman–Crippen LogP) is 6.14. The smallest absolute Gasteiger partial charge is 0.336 e. The summed E-state index contributed by atoms with van der Waals surface area (Å²) in [6, 6.07) is 28.0. The molecular formula is C31H23NO4S. The van der Waals surface area contributed by atoms with Gasteiger partial charge in [0.15, 0.2) is 9.84 Å². The van der Waals surface area contributed by atoms with Gasteiger partial charge in [-0.15, -0.1) is 0 Å². The van der Waals surface area contributed by atoms with E-state index in [1.165, 1.54) is 6.26 Å². The molecule has 6 heteroatoms. The molecule has 0 spiro atoms. The standard InChI is InChI=1S/C31H23NO4S/c1-37(35,36)20-22-6-3-9-26(18-22)25-8-2-5-21(17-25)11-12-24-7-4-10-28(31(33)34)30(24)27-14-13-23-15-16-32-29(23)19-27/h2-10,13-19,32H,20H2,1H3,(H,33,34). The first-order valence-electron chi connectivity index (χ1n) is 11.6. The van der Waals surface area contributed by atoms with Crippen molar-refractivity contribution in [2.45, 2.75) is 5.75 Å². The van der Waals surface area contributed by atoms with Crippen molar-refractivity contribution < 1.29 is 18.3 Å². The molecule has 5 aromatic rings. The van der Waals surface area contributed by atoms with E-state index in [-0.39, 0.29) is 11.3 Å². The van der Waals surface area contributed by atoms with Crippen LogP contribution in [-0.2, 0) is 15.6 Å². The van der Waals surface area contributed by atoms with E-state index in [9.17, 15) is 18.3 Å². The van der Waals surface area contributed by atoms with Crippen molar-refractivity contribution in [3.05, 3.63) is 119 Å². The van der Waals surface area contributed by atoms with E-state index >= 15 is 0 Å². The molecule has 0 amide bonds. The normalized spacial score (nSPS) is 11.2. The molecule has 0 fully saturated rings. The molecule has 0 aliphatic rings. The lowest BCUT2D eigenvalue weighted by molar-refractivity contribution is 0.0697. The van der Waals surface area contributed by atoms with E-state index in [2.05, 4.69) is 16.8 Å². The minimum absolute atomic E-state index is 0.0166. The second-order valence-electron chi connectivity index (χ2n) is 8.91. The zero-order chi connectivity index (χ0) is 26.0. The van der Waals surface area contributed by atoms with Crippen LogP contribution >= 0.6 is 0 Å². The summed E-state index contributed by atoms with van der Waals surface area (Å²) in [7, 11) is -3.14. The molecule has 0 aliphatic carbocycles. The fourth-order valence-electron chi connectivity index (χ4n) is 4.41. The van der Waals surface area contributed by atoms with Crippen LogP contribution in [0.15, 0.2) is 97.2 Å². The molecule has 2 N–H and O–H groups in total. The number of aromatic carboxylic acids is 1.